The predicted octanol–water partition coefficient (Wildman–Crippen LogP) is 4.13. The summed E-state index contributed by atoms with van der Waals surface area (Å²) in [7, 11) is 0. The number of nitrogens with zero attached hydrogens (tertiary/aromatic N) is 2. The molecule has 3 aromatic rings. The van der Waals surface area contributed by atoms with Crippen LogP contribution in [0.3, 0.4) is 0 Å². The van der Waals surface area contributed by atoms with Gasteiger partial charge in [0.2, 0.25) is 5.91 Å². The van der Waals surface area contributed by atoms with Crippen molar-refractivity contribution in [2.75, 3.05) is 11.1 Å². The molecule has 1 aromatic carbocycles. The third-order valence-corrected chi connectivity index (χ3v) is 5.99. The number of hydrogen-bond acceptors (Lipinski definition) is 5. The van der Waals surface area contributed by atoms with Crippen LogP contribution in [0, 0.1) is 20.8 Å². The lowest BCUT2D eigenvalue weighted by molar-refractivity contribution is -0.113. The molecule has 2 aromatic heterocycles. The summed E-state index contributed by atoms with van der Waals surface area (Å²) in [5, 5.41) is 5.43. The Morgan fingerprint density at radius 1 is 1.27 bits per heavy atom. The topological polar surface area (TPSA) is 64.0 Å². The van der Waals surface area contributed by atoms with E-state index in [1.807, 2.05) is 39.1 Å². The standard InChI is InChI=1S/C19H21N3O2S2/c1-5-22-18(24)17-14(6-7-25-17)20-19(22)26-10-15(23)21-16-12(3)8-11(2)9-13(16)4/h6-9H,5,10H2,1-4H3,(H,21,23). The van der Waals surface area contributed by atoms with E-state index in [9.17, 15) is 9.59 Å². The van der Waals surface area contributed by atoms with Gasteiger partial charge >= 0.3 is 0 Å². The summed E-state index contributed by atoms with van der Waals surface area (Å²) in [6.45, 7) is 8.45. The van der Waals surface area contributed by atoms with Gasteiger partial charge in [-0.3, -0.25) is 14.2 Å². The van der Waals surface area contributed by atoms with Gasteiger partial charge in [0.25, 0.3) is 5.56 Å². The molecule has 2 heterocycles. The number of hydrogen-bond donors (Lipinski definition) is 1. The number of carbonyl (C=O) groups is 1. The molecule has 0 radical (unpaired) electrons. The van der Waals surface area contributed by atoms with Crippen LogP contribution in [0.5, 0.6) is 0 Å². The Kier molecular flexibility index (Phi) is 5.48. The van der Waals surface area contributed by atoms with Crippen molar-refractivity contribution in [3.63, 3.8) is 0 Å². The minimum atomic E-state index is -0.104. The Morgan fingerprint density at radius 2 is 1.96 bits per heavy atom. The van der Waals surface area contributed by atoms with E-state index in [1.54, 1.807) is 4.57 Å². The Bertz CT molecular complexity index is 1010. The minimum absolute atomic E-state index is 0.0411. The zero-order chi connectivity index (χ0) is 18.8. The number of aromatic nitrogens is 2. The molecule has 0 unspecified atom stereocenters. The number of amides is 1. The van der Waals surface area contributed by atoms with Gasteiger partial charge in [-0.25, -0.2) is 4.98 Å². The molecular weight excluding hydrogens is 366 g/mol. The fourth-order valence-electron chi connectivity index (χ4n) is 3.00. The van der Waals surface area contributed by atoms with Crippen molar-refractivity contribution in [1.29, 1.82) is 0 Å². The number of fused-ring (bicyclic) bond motifs is 1. The maximum Gasteiger partial charge on any atom is 0.272 e. The average Bonchev–Trinajstić information content (AvgIpc) is 3.05. The molecule has 0 aliphatic carbocycles. The van der Waals surface area contributed by atoms with E-state index in [1.165, 1.54) is 28.7 Å². The highest BCUT2D eigenvalue weighted by molar-refractivity contribution is 7.99. The molecule has 26 heavy (non-hydrogen) atoms. The summed E-state index contributed by atoms with van der Waals surface area (Å²) < 4.78 is 2.28. The molecule has 1 amide bonds. The SMILES string of the molecule is CCn1c(SCC(=O)Nc2c(C)cc(C)cc2C)nc2ccsc2c1=O. The van der Waals surface area contributed by atoms with E-state index in [4.69, 9.17) is 0 Å². The molecule has 0 saturated heterocycles. The summed E-state index contributed by atoms with van der Waals surface area (Å²) in [5.74, 6) is 0.0989. The molecule has 3 rings (SSSR count). The second-order valence-electron chi connectivity index (χ2n) is 6.19. The fraction of sp³-hybridized carbons (Fsp3) is 0.316. The Morgan fingerprint density at radius 3 is 2.62 bits per heavy atom. The molecule has 5 nitrogen and oxygen atoms in total. The number of carbonyl (C=O) groups excluding carboxylic acids is 1. The lowest BCUT2D eigenvalue weighted by Crippen LogP contribution is -2.23. The highest BCUT2D eigenvalue weighted by atomic mass is 32.2. The molecule has 1 N–H and O–H groups in total. The summed E-state index contributed by atoms with van der Waals surface area (Å²) >= 11 is 2.69. The number of rotatable bonds is 5. The minimum Gasteiger partial charge on any atom is -0.325 e. The van der Waals surface area contributed by atoms with Crippen molar-refractivity contribution in [2.24, 2.45) is 0 Å². The van der Waals surface area contributed by atoms with Crippen LogP contribution in [0.15, 0.2) is 33.5 Å². The van der Waals surface area contributed by atoms with E-state index in [2.05, 4.69) is 22.4 Å². The van der Waals surface area contributed by atoms with E-state index >= 15 is 0 Å². The highest BCUT2D eigenvalue weighted by Gasteiger charge is 2.14. The molecule has 0 atom stereocenters. The third kappa shape index (κ3) is 3.68. The van der Waals surface area contributed by atoms with Crippen LogP contribution >= 0.6 is 23.1 Å². The van der Waals surface area contributed by atoms with Crippen molar-refractivity contribution < 1.29 is 4.79 Å². The first-order valence-corrected chi connectivity index (χ1v) is 10.3. The van der Waals surface area contributed by atoms with Crippen molar-refractivity contribution in [3.8, 4) is 0 Å². The second kappa shape index (κ2) is 7.63. The van der Waals surface area contributed by atoms with Gasteiger partial charge < -0.3 is 5.32 Å². The van der Waals surface area contributed by atoms with E-state index in [0.717, 1.165) is 16.8 Å². The maximum atomic E-state index is 12.5. The van der Waals surface area contributed by atoms with E-state index in [0.29, 0.717) is 21.9 Å². The van der Waals surface area contributed by atoms with Crippen molar-refractivity contribution in [1.82, 2.24) is 9.55 Å². The van der Waals surface area contributed by atoms with Gasteiger partial charge in [-0.05, 0) is 50.3 Å². The Balaban J connectivity index is 1.78. The summed E-state index contributed by atoms with van der Waals surface area (Å²) in [6, 6.07) is 5.94. The molecule has 0 bridgehead atoms. The van der Waals surface area contributed by atoms with Gasteiger partial charge in [0.15, 0.2) is 5.16 Å². The quantitative estimate of drug-likeness (QED) is 0.528. The molecule has 0 fully saturated rings. The molecule has 0 aliphatic heterocycles. The first-order chi connectivity index (χ1) is 12.4. The fourth-order valence-corrected chi connectivity index (χ4v) is 4.64. The Labute approximate surface area is 160 Å². The van der Waals surface area contributed by atoms with E-state index in [-0.39, 0.29) is 17.2 Å². The second-order valence-corrected chi connectivity index (χ2v) is 8.05. The van der Waals surface area contributed by atoms with Gasteiger partial charge in [-0.15, -0.1) is 11.3 Å². The van der Waals surface area contributed by atoms with E-state index < -0.39 is 0 Å². The normalized spacial score (nSPS) is 11.1. The first-order valence-electron chi connectivity index (χ1n) is 8.39. The summed E-state index contributed by atoms with van der Waals surface area (Å²) in [6.07, 6.45) is 0. The van der Waals surface area contributed by atoms with Crippen LogP contribution in [0.1, 0.15) is 23.6 Å². The van der Waals surface area contributed by atoms with Gasteiger partial charge in [-0.1, -0.05) is 29.5 Å². The van der Waals surface area contributed by atoms with Crippen LogP contribution < -0.4 is 10.9 Å². The number of aryl methyl sites for hydroxylation is 3. The largest absolute Gasteiger partial charge is 0.325 e. The molecule has 0 spiro atoms. The molecular formula is C19H21N3O2S2. The summed E-state index contributed by atoms with van der Waals surface area (Å²) in [4.78, 5) is 29.5. The molecule has 136 valence electrons. The van der Waals surface area contributed by atoms with Crippen molar-refractivity contribution >= 4 is 44.9 Å². The van der Waals surface area contributed by atoms with Gasteiger partial charge in [0.05, 0.1) is 11.3 Å². The lowest BCUT2D eigenvalue weighted by Gasteiger charge is -2.13. The van der Waals surface area contributed by atoms with Crippen LogP contribution in [-0.4, -0.2) is 21.2 Å². The van der Waals surface area contributed by atoms with Gasteiger partial charge in [0, 0.05) is 12.2 Å². The zero-order valence-corrected chi connectivity index (χ0v) is 16.9. The maximum absolute atomic E-state index is 12.5. The van der Waals surface area contributed by atoms with Gasteiger partial charge in [-0.2, -0.15) is 0 Å². The van der Waals surface area contributed by atoms with Gasteiger partial charge in [0.1, 0.15) is 4.70 Å². The summed E-state index contributed by atoms with van der Waals surface area (Å²) in [5.41, 5.74) is 4.77. The number of thiophene rings is 1. The molecule has 0 aliphatic rings. The first kappa shape index (κ1) is 18.7. The molecule has 7 heteroatoms. The lowest BCUT2D eigenvalue weighted by atomic mass is 10.1. The number of nitrogens with one attached hydrogen (secondary N) is 1. The number of thioether (sulfide) groups is 1. The Hall–Kier alpha value is -2.12. The van der Waals surface area contributed by atoms with Crippen LogP contribution in [0.25, 0.3) is 10.2 Å². The predicted molar refractivity (Wildman–Crippen MR) is 110 cm³/mol. The number of benzene rings is 1. The van der Waals surface area contributed by atoms with Crippen LogP contribution in [0.4, 0.5) is 5.69 Å². The third-order valence-electron chi connectivity index (χ3n) is 4.12. The number of anilines is 1. The van der Waals surface area contributed by atoms with Crippen LogP contribution in [0.2, 0.25) is 0 Å². The highest BCUT2D eigenvalue weighted by Crippen LogP contribution is 2.24. The molecule has 0 saturated carbocycles. The van der Waals surface area contributed by atoms with Crippen molar-refractivity contribution in [3.05, 3.63) is 50.6 Å². The van der Waals surface area contributed by atoms with Crippen molar-refractivity contribution in [2.45, 2.75) is 39.4 Å². The zero-order valence-electron chi connectivity index (χ0n) is 15.3. The van der Waals surface area contributed by atoms with Crippen LogP contribution in [-0.2, 0) is 11.3 Å². The smallest absolute Gasteiger partial charge is 0.272 e. The average molecular weight is 388 g/mol. The monoisotopic (exact) mass is 387 g/mol.